The average molecular weight is 283 g/mol. The van der Waals surface area contributed by atoms with Crippen molar-refractivity contribution >= 4 is 15.9 Å². The van der Waals surface area contributed by atoms with Gasteiger partial charge in [0.1, 0.15) is 0 Å². The first-order valence-corrected chi connectivity index (χ1v) is 6.20. The van der Waals surface area contributed by atoms with E-state index in [1.807, 2.05) is 18.2 Å². The molecule has 0 aliphatic rings. The molecule has 0 spiro atoms. The van der Waals surface area contributed by atoms with Crippen molar-refractivity contribution in [1.82, 2.24) is 0 Å². The third-order valence-electron chi connectivity index (χ3n) is 2.51. The van der Waals surface area contributed by atoms with Crippen molar-refractivity contribution in [3.05, 3.63) is 48.6 Å². The second-order valence-corrected chi connectivity index (χ2v) is 5.93. The summed E-state index contributed by atoms with van der Waals surface area (Å²) in [6.07, 6.45) is 1.77. The van der Waals surface area contributed by atoms with Crippen LogP contribution in [0.15, 0.2) is 43.0 Å². The lowest BCUT2D eigenvalue weighted by Crippen LogP contribution is -2.37. The molecule has 0 fully saturated rings. The molecule has 0 amide bonds. The van der Waals surface area contributed by atoms with E-state index in [1.54, 1.807) is 6.08 Å². The molecule has 0 saturated heterocycles. The van der Waals surface area contributed by atoms with E-state index < -0.39 is 4.51 Å². The summed E-state index contributed by atoms with van der Waals surface area (Å²) in [4.78, 5) is 0. The lowest BCUT2D eigenvalue weighted by atomic mass is 9.84. The molecule has 0 bridgehead atoms. The van der Waals surface area contributed by atoms with Crippen LogP contribution in [0.4, 0.5) is 0 Å². The third kappa shape index (κ3) is 2.74. The van der Waals surface area contributed by atoms with Crippen LogP contribution in [0.5, 0.6) is 0 Å². The highest BCUT2D eigenvalue weighted by molar-refractivity contribution is 9.09. The van der Waals surface area contributed by atoms with E-state index in [2.05, 4.69) is 55.4 Å². The van der Waals surface area contributed by atoms with Crippen LogP contribution in [0, 0.1) is 5.41 Å². The highest BCUT2D eigenvalue weighted by Gasteiger charge is 2.42. The second-order valence-electron chi connectivity index (χ2n) is 4.81. The topological polar surface area (TPSA) is 9.23 Å². The van der Waals surface area contributed by atoms with Crippen molar-refractivity contribution in [1.29, 1.82) is 0 Å². The van der Waals surface area contributed by atoms with Gasteiger partial charge in [-0.1, -0.05) is 57.2 Å². The average Bonchev–Trinajstić information content (AvgIpc) is 2.25. The number of hydrogen-bond donors (Lipinski definition) is 0. The zero-order chi connectivity index (χ0) is 12.2. The van der Waals surface area contributed by atoms with Crippen molar-refractivity contribution in [2.24, 2.45) is 5.41 Å². The molecule has 1 atom stereocenters. The van der Waals surface area contributed by atoms with E-state index in [-0.39, 0.29) is 5.41 Å². The Balaban J connectivity index is 3.10. The summed E-state index contributed by atoms with van der Waals surface area (Å²) < 4.78 is 5.45. The van der Waals surface area contributed by atoms with E-state index in [0.29, 0.717) is 6.61 Å². The van der Waals surface area contributed by atoms with Gasteiger partial charge in [-0.15, -0.1) is 6.58 Å². The number of rotatable bonds is 4. The molecule has 0 N–H and O–H groups in total. The molecule has 2 heteroatoms. The summed E-state index contributed by atoms with van der Waals surface area (Å²) in [5.41, 5.74) is 1.08. The largest absolute Gasteiger partial charge is 0.355 e. The van der Waals surface area contributed by atoms with E-state index in [4.69, 9.17) is 4.74 Å². The number of hydrogen-bond acceptors (Lipinski definition) is 1. The van der Waals surface area contributed by atoms with Gasteiger partial charge in [0, 0.05) is 5.41 Å². The summed E-state index contributed by atoms with van der Waals surface area (Å²) in [5.74, 6) is 0. The van der Waals surface area contributed by atoms with Gasteiger partial charge in [0.05, 0.1) is 6.61 Å². The molecular formula is C14H19BrO. The van der Waals surface area contributed by atoms with E-state index in [9.17, 15) is 0 Å². The first-order chi connectivity index (χ1) is 7.42. The molecule has 16 heavy (non-hydrogen) atoms. The van der Waals surface area contributed by atoms with Gasteiger partial charge in [-0.25, -0.2) is 0 Å². The molecule has 0 aliphatic carbocycles. The smallest absolute Gasteiger partial charge is 0.153 e. The Morgan fingerprint density at radius 3 is 2.25 bits per heavy atom. The van der Waals surface area contributed by atoms with E-state index in [1.165, 1.54) is 0 Å². The van der Waals surface area contributed by atoms with Crippen LogP contribution in [0.25, 0.3) is 0 Å². The minimum absolute atomic E-state index is 0.0443. The normalized spacial score (nSPS) is 15.5. The summed E-state index contributed by atoms with van der Waals surface area (Å²) in [5, 5.41) is 0. The molecule has 0 aromatic heterocycles. The molecule has 0 heterocycles. The monoisotopic (exact) mass is 282 g/mol. The standard InChI is InChI=1S/C14H19BrO/c1-5-11-16-14(15,13(2,3)4)12-9-7-6-8-10-12/h5-10H,1,11H2,2-4H3. The summed E-state index contributed by atoms with van der Waals surface area (Å²) in [6.45, 7) is 10.7. The molecule has 88 valence electrons. The zero-order valence-electron chi connectivity index (χ0n) is 10.2. The van der Waals surface area contributed by atoms with Gasteiger partial charge in [0.25, 0.3) is 0 Å². The Bertz CT molecular complexity index is 340. The van der Waals surface area contributed by atoms with Gasteiger partial charge in [0.15, 0.2) is 4.51 Å². The lowest BCUT2D eigenvalue weighted by molar-refractivity contribution is -0.0315. The van der Waals surface area contributed by atoms with Crippen LogP contribution in [0.3, 0.4) is 0 Å². The number of alkyl halides is 1. The van der Waals surface area contributed by atoms with Crippen molar-refractivity contribution < 1.29 is 4.74 Å². The van der Waals surface area contributed by atoms with Crippen molar-refractivity contribution in [2.75, 3.05) is 6.61 Å². The fourth-order valence-corrected chi connectivity index (χ4v) is 1.96. The van der Waals surface area contributed by atoms with Crippen LogP contribution >= 0.6 is 15.9 Å². The van der Waals surface area contributed by atoms with Crippen LogP contribution in [-0.2, 0) is 9.25 Å². The van der Waals surface area contributed by atoms with Gasteiger partial charge in [-0.2, -0.15) is 0 Å². The third-order valence-corrected chi connectivity index (χ3v) is 4.39. The van der Waals surface area contributed by atoms with Crippen molar-refractivity contribution in [3.63, 3.8) is 0 Å². The fourth-order valence-electron chi connectivity index (χ4n) is 1.56. The maximum absolute atomic E-state index is 5.93. The Hall–Kier alpha value is -0.600. The minimum Gasteiger partial charge on any atom is -0.355 e. The molecule has 1 nitrogen and oxygen atoms in total. The van der Waals surface area contributed by atoms with Gasteiger partial charge >= 0.3 is 0 Å². The Morgan fingerprint density at radius 1 is 1.25 bits per heavy atom. The maximum Gasteiger partial charge on any atom is 0.153 e. The molecule has 0 aliphatic heterocycles. The van der Waals surface area contributed by atoms with Gasteiger partial charge in [0.2, 0.25) is 0 Å². The molecular weight excluding hydrogens is 264 g/mol. The predicted octanol–water partition coefficient (Wildman–Crippen LogP) is 4.48. The SMILES string of the molecule is C=CCOC(Br)(c1ccccc1)C(C)(C)C. The highest BCUT2D eigenvalue weighted by atomic mass is 79.9. The van der Waals surface area contributed by atoms with E-state index in [0.717, 1.165) is 5.56 Å². The first-order valence-electron chi connectivity index (χ1n) is 5.41. The van der Waals surface area contributed by atoms with Crippen LogP contribution in [0.1, 0.15) is 26.3 Å². The van der Waals surface area contributed by atoms with Gasteiger partial charge in [-0.05, 0) is 21.5 Å². The Morgan fingerprint density at radius 2 is 1.81 bits per heavy atom. The zero-order valence-corrected chi connectivity index (χ0v) is 11.8. The Labute approximate surface area is 107 Å². The van der Waals surface area contributed by atoms with Crippen molar-refractivity contribution in [2.45, 2.75) is 25.3 Å². The first kappa shape index (κ1) is 13.5. The summed E-state index contributed by atoms with van der Waals surface area (Å²) in [6, 6.07) is 10.2. The lowest BCUT2D eigenvalue weighted by Gasteiger charge is -2.40. The van der Waals surface area contributed by atoms with Crippen LogP contribution < -0.4 is 0 Å². The molecule has 1 aromatic rings. The van der Waals surface area contributed by atoms with Crippen LogP contribution in [-0.4, -0.2) is 6.61 Å². The van der Waals surface area contributed by atoms with E-state index >= 15 is 0 Å². The molecule has 1 rings (SSSR count). The highest BCUT2D eigenvalue weighted by Crippen LogP contribution is 2.47. The second kappa shape index (κ2) is 5.15. The number of ether oxygens (including phenoxy) is 1. The summed E-state index contributed by atoms with van der Waals surface area (Å²) in [7, 11) is 0. The fraction of sp³-hybridized carbons (Fsp3) is 0.429. The molecule has 0 radical (unpaired) electrons. The number of benzene rings is 1. The van der Waals surface area contributed by atoms with Gasteiger partial charge < -0.3 is 4.74 Å². The molecule has 0 saturated carbocycles. The maximum atomic E-state index is 5.93. The Kier molecular flexibility index (Phi) is 4.34. The predicted molar refractivity (Wildman–Crippen MR) is 72.7 cm³/mol. The van der Waals surface area contributed by atoms with Gasteiger partial charge in [-0.3, -0.25) is 0 Å². The number of halogens is 1. The van der Waals surface area contributed by atoms with Crippen LogP contribution in [0.2, 0.25) is 0 Å². The quantitative estimate of drug-likeness (QED) is 0.584. The minimum atomic E-state index is -0.477. The van der Waals surface area contributed by atoms with Crippen molar-refractivity contribution in [3.8, 4) is 0 Å². The molecule has 1 unspecified atom stereocenters. The summed E-state index contributed by atoms with van der Waals surface area (Å²) >= 11 is 3.75. The molecule has 1 aromatic carbocycles.